The topological polar surface area (TPSA) is 0 Å². The molecule has 2 heteroatoms. The molecule has 0 radical (unpaired) electrons. The average Bonchev–Trinajstić information content (AvgIpc) is 2.57. The van der Waals surface area contributed by atoms with E-state index in [0.29, 0.717) is 0 Å². The second kappa shape index (κ2) is 4.63. The number of fused-ring (bicyclic) bond motifs is 1. The minimum atomic E-state index is 0.763. The van der Waals surface area contributed by atoms with E-state index in [-0.39, 0.29) is 0 Å². The van der Waals surface area contributed by atoms with E-state index in [1.54, 1.807) is 5.56 Å². The highest BCUT2D eigenvalue weighted by Gasteiger charge is 2.21. The second-order valence-electron chi connectivity index (χ2n) is 3.93. The highest BCUT2D eigenvalue weighted by atomic mass is 32.2. The molecule has 1 aromatic rings. The van der Waals surface area contributed by atoms with Crippen molar-refractivity contribution in [1.29, 1.82) is 0 Å². The fraction of sp³-hybridized carbons (Fsp3) is 0.500. The van der Waals surface area contributed by atoms with Gasteiger partial charge < -0.3 is 0 Å². The van der Waals surface area contributed by atoms with Crippen LogP contribution in [0.4, 0.5) is 0 Å². The lowest BCUT2D eigenvalue weighted by atomic mass is 10.1. The molecule has 76 valence electrons. The van der Waals surface area contributed by atoms with Gasteiger partial charge in [-0.2, -0.15) is 11.8 Å². The Hall–Kier alpha value is -0.0800. The maximum atomic E-state index is 2.28. The Balaban J connectivity index is 1.92. The number of hydrogen-bond donors (Lipinski definition) is 0. The molecule has 0 aliphatic carbocycles. The Bertz CT molecular complexity index is 282. The van der Waals surface area contributed by atoms with E-state index in [0.717, 1.165) is 10.5 Å². The molecule has 0 spiro atoms. The summed E-state index contributed by atoms with van der Waals surface area (Å²) >= 11 is 4.14. The van der Waals surface area contributed by atoms with Gasteiger partial charge in [0, 0.05) is 15.9 Å². The fourth-order valence-corrected chi connectivity index (χ4v) is 3.95. The number of rotatable bonds is 3. The Morgan fingerprint density at radius 3 is 2.93 bits per heavy atom. The van der Waals surface area contributed by atoms with Crippen molar-refractivity contribution in [3.8, 4) is 0 Å². The van der Waals surface area contributed by atoms with Crippen molar-refractivity contribution >= 4 is 23.5 Å². The van der Waals surface area contributed by atoms with Crippen LogP contribution in [0.1, 0.15) is 19.4 Å². The molecule has 0 saturated carbocycles. The van der Waals surface area contributed by atoms with Gasteiger partial charge >= 0.3 is 0 Å². The average molecular weight is 224 g/mol. The zero-order valence-electron chi connectivity index (χ0n) is 8.69. The Morgan fingerprint density at radius 2 is 2.21 bits per heavy atom. The molecular weight excluding hydrogens is 208 g/mol. The van der Waals surface area contributed by atoms with Crippen LogP contribution in [0, 0.1) is 0 Å². The van der Waals surface area contributed by atoms with Crippen LogP contribution in [0.3, 0.4) is 0 Å². The summed E-state index contributed by atoms with van der Waals surface area (Å²) in [7, 11) is 0. The van der Waals surface area contributed by atoms with Gasteiger partial charge in [0.05, 0.1) is 0 Å². The third kappa shape index (κ3) is 2.48. The molecule has 0 nitrogen and oxygen atoms in total. The van der Waals surface area contributed by atoms with E-state index in [1.807, 2.05) is 0 Å². The van der Waals surface area contributed by atoms with Gasteiger partial charge in [-0.15, -0.1) is 11.8 Å². The normalized spacial score (nSPS) is 20.1. The lowest BCUT2D eigenvalue weighted by Gasteiger charge is -2.09. The van der Waals surface area contributed by atoms with Gasteiger partial charge in [0.15, 0.2) is 0 Å². The van der Waals surface area contributed by atoms with Gasteiger partial charge in [-0.05, 0) is 23.3 Å². The zero-order chi connectivity index (χ0) is 9.97. The molecule has 1 unspecified atom stereocenters. The van der Waals surface area contributed by atoms with Crippen molar-refractivity contribution in [3.63, 3.8) is 0 Å². The van der Waals surface area contributed by atoms with Crippen molar-refractivity contribution in [1.82, 2.24) is 0 Å². The van der Waals surface area contributed by atoms with Crippen LogP contribution < -0.4 is 0 Å². The first-order valence-corrected chi connectivity index (χ1v) is 7.04. The van der Waals surface area contributed by atoms with Crippen molar-refractivity contribution in [2.75, 3.05) is 5.75 Å². The van der Waals surface area contributed by atoms with Gasteiger partial charge in [0.2, 0.25) is 0 Å². The number of benzene rings is 1. The van der Waals surface area contributed by atoms with Gasteiger partial charge in [-0.25, -0.2) is 0 Å². The first-order valence-electron chi connectivity index (χ1n) is 5.12. The summed E-state index contributed by atoms with van der Waals surface area (Å²) in [6, 6.07) is 8.81. The Labute approximate surface area is 94.9 Å². The molecule has 0 saturated heterocycles. The van der Waals surface area contributed by atoms with Crippen molar-refractivity contribution in [2.45, 2.75) is 35.7 Å². The van der Waals surface area contributed by atoms with E-state index >= 15 is 0 Å². The van der Waals surface area contributed by atoms with E-state index in [4.69, 9.17) is 0 Å². The van der Waals surface area contributed by atoms with Gasteiger partial charge in [-0.3, -0.25) is 0 Å². The first-order chi connectivity index (χ1) is 6.75. The maximum Gasteiger partial charge on any atom is 0.0226 e. The third-order valence-electron chi connectivity index (χ3n) is 2.33. The molecule has 1 atom stereocenters. The van der Waals surface area contributed by atoms with Crippen LogP contribution >= 0.6 is 23.5 Å². The van der Waals surface area contributed by atoms with E-state index in [9.17, 15) is 0 Å². The van der Waals surface area contributed by atoms with Crippen LogP contribution in [0.2, 0.25) is 0 Å². The SMILES string of the molecule is CC(C)SCC1Cc2ccccc2S1. The van der Waals surface area contributed by atoms with Crippen LogP contribution in [0.5, 0.6) is 0 Å². The molecule has 0 amide bonds. The van der Waals surface area contributed by atoms with Gasteiger partial charge in [0.25, 0.3) is 0 Å². The molecule has 1 aromatic carbocycles. The summed E-state index contributed by atoms with van der Waals surface area (Å²) < 4.78 is 0. The second-order valence-corrected chi connectivity index (χ2v) is 6.89. The minimum Gasteiger partial charge on any atom is -0.158 e. The van der Waals surface area contributed by atoms with Gasteiger partial charge in [0.1, 0.15) is 0 Å². The summed E-state index contributed by atoms with van der Waals surface area (Å²) in [4.78, 5) is 1.50. The lowest BCUT2D eigenvalue weighted by molar-refractivity contribution is 0.964. The molecule has 1 heterocycles. The van der Waals surface area contributed by atoms with Crippen molar-refractivity contribution < 1.29 is 0 Å². The third-order valence-corrected chi connectivity index (χ3v) is 5.12. The summed E-state index contributed by atoms with van der Waals surface area (Å²) in [5, 5.41) is 1.57. The summed E-state index contributed by atoms with van der Waals surface area (Å²) in [5.74, 6) is 1.29. The first kappa shape index (κ1) is 10.4. The molecule has 14 heavy (non-hydrogen) atoms. The number of hydrogen-bond acceptors (Lipinski definition) is 2. The summed E-state index contributed by atoms with van der Waals surface area (Å²) in [6.07, 6.45) is 1.26. The predicted octanol–water partition coefficient (Wildman–Crippen LogP) is 3.85. The van der Waals surface area contributed by atoms with Crippen LogP contribution in [-0.4, -0.2) is 16.3 Å². The summed E-state index contributed by atoms with van der Waals surface area (Å²) in [5.41, 5.74) is 1.55. The molecule has 1 aliphatic heterocycles. The highest BCUT2D eigenvalue weighted by molar-refractivity contribution is 8.03. The fourth-order valence-electron chi connectivity index (χ4n) is 1.65. The molecule has 0 aromatic heterocycles. The molecule has 1 aliphatic rings. The van der Waals surface area contributed by atoms with Crippen LogP contribution in [0.25, 0.3) is 0 Å². The molecule has 0 bridgehead atoms. The smallest absolute Gasteiger partial charge is 0.0226 e. The van der Waals surface area contributed by atoms with Gasteiger partial charge in [-0.1, -0.05) is 32.0 Å². The largest absolute Gasteiger partial charge is 0.158 e. The molecule has 0 N–H and O–H groups in total. The van der Waals surface area contributed by atoms with Crippen molar-refractivity contribution in [3.05, 3.63) is 29.8 Å². The zero-order valence-corrected chi connectivity index (χ0v) is 10.3. The molecule has 2 rings (SSSR count). The quantitative estimate of drug-likeness (QED) is 0.765. The molecular formula is C12H16S2. The maximum absolute atomic E-state index is 2.28. The predicted molar refractivity (Wildman–Crippen MR) is 67.4 cm³/mol. The monoisotopic (exact) mass is 224 g/mol. The lowest BCUT2D eigenvalue weighted by Crippen LogP contribution is -2.06. The standard InChI is InChI=1S/C12H16S2/c1-9(2)13-8-11-7-10-5-3-4-6-12(10)14-11/h3-6,9,11H,7-8H2,1-2H3. The van der Waals surface area contributed by atoms with Crippen LogP contribution in [0.15, 0.2) is 29.2 Å². The minimum absolute atomic E-state index is 0.763. The molecule has 0 fully saturated rings. The highest BCUT2D eigenvalue weighted by Crippen LogP contribution is 2.38. The van der Waals surface area contributed by atoms with E-state index < -0.39 is 0 Å². The van der Waals surface area contributed by atoms with E-state index in [1.165, 1.54) is 17.1 Å². The Kier molecular flexibility index (Phi) is 3.45. The summed E-state index contributed by atoms with van der Waals surface area (Å²) in [6.45, 7) is 4.55. The van der Waals surface area contributed by atoms with E-state index in [2.05, 4.69) is 61.6 Å². The number of thioether (sulfide) groups is 2. The Morgan fingerprint density at radius 1 is 1.43 bits per heavy atom. The van der Waals surface area contributed by atoms with Crippen LogP contribution in [-0.2, 0) is 6.42 Å². The van der Waals surface area contributed by atoms with Crippen molar-refractivity contribution in [2.24, 2.45) is 0 Å².